The Morgan fingerprint density at radius 3 is 2.50 bits per heavy atom. The van der Waals surface area contributed by atoms with E-state index in [1.54, 1.807) is 6.92 Å². The zero-order valence-corrected chi connectivity index (χ0v) is 19.2. The number of hydrogen-bond donors (Lipinski definition) is 1. The van der Waals surface area contributed by atoms with Crippen LogP contribution in [-0.4, -0.2) is 26.3 Å². The fourth-order valence-electron chi connectivity index (χ4n) is 8.71. The molecule has 0 spiro atoms. The summed E-state index contributed by atoms with van der Waals surface area (Å²) in [5, 5.41) is 14.8. The van der Waals surface area contributed by atoms with Crippen LogP contribution in [0.3, 0.4) is 0 Å². The van der Waals surface area contributed by atoms with Crippen molar-refractivity contribution in [2.24, 2.45) is 40.9 Å². The van der Waals surface area contributed by atoms with Gasteiger partial charge in [0.2, 0.25) is 0 Å². The van der Waals surface area contributed by atoms with Crippen molar-refractivity contribution in [3.63, 3.8) is 0 Å². The zero-order valence-electron chi connectivity index (χ0n) is 19.2. The van der Waals surface area contributed by atoms with Gasteiger partial charge in [-0.2, -0.15) is 18.3 Å². The van der Waals surface area contributed by atoms with Gasteiger partial charge in [0.25, 0.3) is 0 Å². The number of Topliss-reactive ketones (excluding diaryl/α,β-unsaturated/α-hetero) is 1. The van der Waals surface area contributed by atoms with Crippen LogP contribution >= 0.6 is 0 Å². The van der Waals surface area contributed by atoms with Crippen molar-refractivity contribution >= 4 is 5.78 Å². The fraction of sp³-hybridized carbons (Fsp3) is 0.840. The van der Waals surface area contributed by atoms with Crippen molar-refractivity contribution in [1.82, 2.24) is 9.78 Å². The highest BCUT2D eigenvalue weighted by Crippen LogP contribution is 2.67. The van der Waals surface area contributed by atoms with Crippen molar-refractivity contribution in [1.29, 1.82) is 0 Å². The topological polar surface area (TPSA) is 55.1 Å². The van der Waals surface area contributed by atoms with Crippen LogP contribution < -0.4 is 0 Å². The number of aliphatic hydroxyl groups is 1. The second kappa shape index (κ2) is 7.31. The lowest BCUT2D eigenvalue weighted by molar-refractivity contribution is -0.137. The zero-order chi connectivity index (χ0) is 23.1. The van der Waals surface area contributed by atoms with E-state index in [2.05, 4.69) is 12.0 Å². The van der Waals surface area contributed by atoms with Crippen LogP contribution in [0.1, 0.15) is 83.7 Å². The first-order valence-corrected chi connectivity index (χ1v) is 12.2. The third-order valence-corrected chi connectivity index (χ3v) is 9.98. The van der Waals surface area contributed by atoms with Gasteiger partial charge in [0, 0.05) is 12.1 Å². The van der Waals surface area contributed by atoms with Crippen LogP contribution in [0, 0.1) is 40.9 Å². The predicted octanol–water partition coefficient (Wildman–Crippen LogP) is 5.66. The molecule has 1 heterocycles. The third kappa shape index (κ3) is 3.45. The van der Waals surface area contributed by atoms with Gasteiger partial charge in [-0.25, -0.2) is 0 Å². The quantitative estimate of drug-likeness (QED) is 0.630. The Labute approximate surface area is 187 Å². The predicted molar refractivity (Wildman–Crippen MR) is 114 cm³/mol. The number of aromatic nitrogens is 2. The summed E-state index contributed by atoms with van der Waals surface area (Å²) in [7, 11) is 0. The van der Waals surface area contributed by atoms with Gasteiger partial charge in [-0.3, -0.25) is 9.48 Å². The molecule has 0 aromatic carbocycles. The van der Waals surface area contributed by atoms with Crippen molar-refractivity contribution in [2.45, 2.75) is 90.0 Å². The summed E-state index contributed by atoms with van der Waals surface area (Å²) >= 11 is 0. The highest BCUT2D eigenvalue weighted by Gasteiger charge is 2.62. The van der Waals surface area contributed by atoms with Crippen LogP contribution in [0.5, 0.6) is 0 Å². The molecule has 1 N–H and O–H groups in total. The van der Waals surface area contributed by atoms with E-state index in [1.165, 1.54) is 4.68 Å². The minimum absolute atomic E-state index is 0.123. The maximum atomic E-state index is 13.3. The summed E-state index contributed by atoms with van der Waals surface area (Å²) in [6.45, 7) is 5.81. The molecule has 1 aromatic rings. The summed E-state index contributed by atoms with van der Waals surface area (Å²) in [6.07, 6.45) is 5.12. The SMILES string of the molecule is CC(=O)[C@H]1C[C@@H](n2cc(C(F)(F)F)cn2)[C@H]2[C@@H]3CC[C@@H]4C[C@](C)(O)CC[C@@H]4[C@H]3CC[C@@]21C. The van der Waals surface area contributed by atoms with Gasteiger partial charge in [0.1, 0.15) is 5.78 Å². The number of nitrogens with zero attached hydrogens (tertiary/aromatic N) is 2. The van der Waals surface area contributed by atoms with Crippen molar-refractivity contribution < 1.29 is 23.1 Å². The lowest BCUT2D eigenvalue weighted by Crippen LogP contribution is -2.52. The Morgan fingerprint density at radius 1 is 1.12 bits per heavy atom. The molecule has 4 nitrogen and oxygen atoms in total. The minimum atomic E-state index is -4.41. The maximum absolute atomic E-state index is 13.3. The molecule has 0 aliphatic heterocycles. The minimum Gasteiger partial charge on any atom is -0.390 e. The number of rotatable bonds is 2. The van der Waals surface area contributed by atoms with Crippen molar-refractivity contribution in [3.05, 3.63) is 18.0 Å². The number of carbonyl (C=O) groups excluding carboxylic acids is 1. The number of hydrogen-bond acceptors (Lipinski definition) is 3. The average Bonchev–Trinajstić information content (AvgIpc) is 3.29. The van der Waals surface area contributed by atoms with Crippen LogP contribution in [-0.2, 0) is 11.0 Å². The molecule has 1 aromatic heterocycles. The Bertz CT molecular complexity index is 894. The van der Waals surface area contributed by atoms with E-state index in [0.717, 1.165) is 57.3 Å². The summed E-state index contributed by atoms with van der Waals surface area (Å²) < 4.78 is 41.4. The normalized spacial score (nSPS) is 46.3. The van der Waals surface area contributed by atoms with E-state index in [1.807, 2.05) is 6.92 Å². The van der Waals surface area contributed by atoms with Gasteiger partial charge in [-0.1, -0.05) is 6.92 Å². The summed E-state index contributed by atoms with van der Waals surface area (Å²) in [6, 6.07) is -0.166. The molecule has 0 radical (unpaired) electrons. The molecule has 5 rings (SSSR count). The molecule has 4 fully saturated rings. The molecule has 9 atom stereocenters. The molecular weight excluding hydrogens is 417 g/mol. The van der Waals surface area contributed by atoms with E-state index < -0.39 is 17.3 Å². The molecule has 0 unspecified atom stereocenters. The lowest BCUT2D eigenvalue weighted by Gasteiger charge is -2.57. The standard InChI is InChI=1S/C25H35F3N2O2/c1-14(31)20-10-21(30-13-16(12-29-30)25(26,27)28)22-19-5-4-15-11-23(2,32)8-6-17(15)18(19)7-9-24(20,22)3/h12-13,15,17-22,32H,4-11H2,1-3H3/t15-,17+,18-,19-,20-,21-,22-,23-,24-/m1/s1. The first-order valence-electron chi connectivity index (χ1n) is 12.2. The molecule has 0 amide bonds. The molecule has 32 heavy (non-hydrogen) atoms. The number of ketones is 1. The lowest BCUT2D eigenvalue weighted by atomic mass is 9.48. The Kier molecular flexibility index (Phi) is 5.12. The fourth-order valence-corrected chi connectivity index (χ4v) is 8.71. The first kappa shape index (κ1) is 22.4. The van der Waals surface area contributed by atoms with Gasteiger partial charge in [-0.15, -0.1) is 0 Å². The molecule has 0 bridgehead atoms. The number of carbonyl (C=O) groups is 1. The molecule has 178 valence electrons. The highest BCUT2D eigenvalue weighted by atomic mass is 19.4. The van der Waals surface area contributed by atoms with E-state index >= 15 is 0 Å². The number of alkyl halides is 3. The van der Waals surface area contributed by atoms with Crippen molar-refractivity contribution in [3.8, 4) is 0 Å². The summed E-state index contributed by atoms with van der Waals surface area (Å²) in [5.74, 6) is 2.26. The highest BCUT2D eigenvalue weighted by molar-refractivity contribution is 5.79. The second-order valence-electron chi connectivity index (χ2n) is 11.8. The van der Waals surface area contributed by atoms with Gasteiger partial charge < -0.3 is 5.11 Å². The van der Waals surface area contributed by atoms with Crippen LogP contribution in [0.25, 0.3) is 0 Å². The van der Waals surface area contributed by atoms with Crippen LogP contribution in [0.2, 0.25) is 0 Å². The van der Waals surface area contributed by atoms with Gasteiger partial charge in [0.15, 0.2) is 0 Å². The maximum Gasteiger partial charge on any atom is 0.419 e. The van der Waals surface area contributed by atoms with E-state index in [-0.39, 0.29) is 29.1 Å². The van der Waals surface area contributed by atoms with Crippen LogP contribution in [0.4, 0.5) is 13.2 Å². The molecule has 4 aliphatic rings. The molecule has 0 saturated heterocycles. The smallest absolute Gasteiger partial charge is 0.390 e. The third-order valence-electron chi connectivity index (χ3n) is 9.98. The van der Waals surface area contributed by atoms with E-state index in [4.69, 9.17) is 0 Å². The van der Waals surface area contributed by atoms with E-state index in [9.17, 15) is 23.1 Å². The largest absolute Gasteiger partial charge is 0.419 e. The molecule has 4 saturated carbocycles. The average molecular weight is 453 g/mol. The number of fused-ring (bicyclic) bond motifs is 5. The molecule has 7 heteroatoms. The summed E-state index contributed by atoms with van der Waals surface area (Å²) in [4.78, 5) is 12.7. The first-order chi connectivity index (χ1) is 14.9. The Hall–Kier alpha value is -1.37. The molecule has 4 aliphatic carbocycles. The summed E-state index contributed by atoms with van der Waals surface area (Å²) in [5.41, 5.74) is -1.47. The number of halogens is 3. The van der Waals surface area contributed by atoms with E-state index in [0.29, 0.717) is 30.1 Å². The Balaban J connectivity index is 1.49. The Morgan fingerprint density at radius 2 is 1.84 bits per heavy atom. The van der Waals surface area contributed by atoms with Gasteiger partial charge >= 0.3 is 6.18 Å². The second-order valence-corrected chi connectivity index (χ2v) is 11.8. The van der Waals surface area contributed by atoms with Crippen LogP contribution in [0.15, 0.2) is 12.4 Å². The monoisotopic (exact) mass is 452 g/mol. The van der Waals surface area contributed by atoms with Gasteiger partial charge in [-0.05, 0) is 100 Å². The van der Waals surface area contributed by atoms with Gasteiger partial charge in [0.05, 0.1) is 23.4 Å². The van der Waals surface area contributed by atoms with Crippen molar-refractivity contribution in [2.75, 3.05) is 0 Å². The molecular formula is C25H35F3N2O2.